The van der Waals surface area contributed by atoms with Crippen LogP contribution < -0.4 is 21.9 Å². The zero-order chi connectivity index (χ0) is 19.7. The van der Waals surface area contributed by atoms with Crippen molar-refractivity contribution in [2.75, 3.05) is 6.54 Å². The van der Waals surface area contributed by atoms with Gasteiger partial charge >= 0.3 is 12.1 Å². The number of aliphatic imine (C=N–C) groups is 1. The molecule has 0 aliphatic heterocycles. The molecule has 6 N–H and O–H groups in total. The van der Waals surface area contributed by atoms with E-state index in [1.54, 1.807) is 6.07 Å². The molecule has 1 aromatic carbocycles. The smallest absolute Gasteiger partial charge is 0.409 e. The summed E-state index contributed by atoms with van der Waals surface area (Å²) in [5.41, 5.74) is 2.66. The fraction of sp³-hybridized carbons (Fsp3) is 0.286. The number of carbonyl (C=O) groups excluding carboxylic acids is 2. The van der Waals surface area contributed by atoms with Gasteiger partial charge in [0, 0.05) is 5.56 Å². The number of nitrogens with zero attached hydrogens (tertiary/aromatic N) is 1. The van der Waals surface area contributed by atoms with Crippen LogP contribution in [0.25, 0.3) is 0 Å². The number of carboxylic acid groups (broad SMARTS) is 1. The molecule has 0 aromatic heterocycles. The van der Waals surface area contributed by atoms with Crippen molar-refractivity contribution in [1.29, 1.82) is 0 Å². The first-order valence-electron chi connectivity index (χ1n) is 7.08. The molecule has 1 unspecified atom stereocenters. The molecule has 0 heterocycles. The van der Waals surface area contributed by atoms with E-state index in [2.05, 4.69) is 15.7 Å². The number of amides is 2. The first kappa shape index (κ1) is 20.9. The molecule has 2 amide bonds. The zero-order valence-corrected chi connectivity index (χ0v) is 13.2. The van der Waals surface area contributed by atoms with Crippen LogP contribution >= 0.6 is 0 Å². The molecule has 0 spiro atoms. The van der Waals surface area contributed by atoms with Crippen LogP contribution in [0.1, 0.15) is 16.8 Å². The largest absolute Gasteiger partial charge is 0.481 e. The van der Waals surface area contributed by atoms with Crippen molar-refractivity contribution in [2.45, 2.75) is 18.6 Å². The Hall–Kier alpha value is -3.15. The van der Waals surface area contributed by atoms with E-state index in [9.17, 15) is 27.6 Å². The van der Waals surface area contributed by atoms with Crippen LogP contribution in [0.2, 0.25) is 0 Å². The Balaban J connectivity index is 2.64. The third-order valence-corrected chi connectivity index (χ3v) is 2.92. The number of carbonyl (C=O) groups is 3. The monoisotopic (exact) mass is 375 g/mol. The summed E-state index contributed by atoms with van der Waals surface area (Å²) in [6, 6.07) is 3.29. The Morgan fingerprint density at radius 3 is 2.58 bits per heavy atom. The van der Waals surface area contributed by atoms with Crippen LogP contribution in [-0.4, -0.2) is 48.0 Å². The summed E-state index contributed by atoms with van der Waals surface area (Å²) in [6.07, 6.45) is -5.08. The van der Waals surface area contributed by atoms with Gasteiger partial charge < -0.3 is 21.2 Å². The van der Waals surface area contributed by atoms with E-state index in [1.165, 1.54) is 29.9 Å². The highest BCUT2D eigenvalue weighted by Crippen LogP contribution is 2.22. The number of nitrogens with one attached hydrogen (secondary N) is 3. The molecule has 0 bridgehead atoms. The summed E-state index contributed by atoms with van der Waals surface area (Å²) in [7, 11) is 0. The lowest BCUT2D eigenvalue weighted by molar-refractivity contribution is -0.169. The second kappa shape index (κ2) is 9.36. The maximum Gasteiger partial charge on any atom is 0.409 e. The first-order valence-corrected chi connectivity index (χ1v) is 7.08. The van der Waals surface area contributed by atoms with Crippen molar-refractivity contribution < 1.29 is 32.7 Å². The first-order chi connectivity index (χ1) is 12.1. The van der Waals surface area contributed by atoms with Crippen LogP contribution in [-0.2, 0) is 9.59 Å². The van der Waals surface area contributed by atoms with Crippen LogP contribution in [0, 0.1) is 0 Å². The van der Waals surface area contributed by atoms with Crippen LogP contribution in [0.15, 0.2) is 29.3 Å². The highest BCUT2D eigenvalue weighted by atomic mass is 19.4. The van der Waals surface area contributed by atoms with Crippen LogP contribution in [0.5, 0.6) is 0 Å². The van der Waals surface area contributed by atoms with Gasteiger partial charge in [0.15, 0.2) is 0 Å². The standard InChI is InChI=1S/C14H16F3N5O4/c15-14(16,17)10(5-12(24)25)22-11(23)6-19-13(26)8-2-1-3-9(4-8)20-7-21-18/h1-4,7,10H,5-6,18H2,(H,19,26)(H,20,21)(H,22,23)(H,24,25). The number of rotatable bonds is 8. The average molecular weight is 375 g/mol. The van der Waals surface area contributed by atoms with E-state index >= 15 is 0 Å². The SMILES string of the molecule is NNC=Nc1cccc(C(=O)NCC(=O)NC(CC(=O)O)C(F)(F)F)c1. The van der Waals surface area contributed by atoms with Gasteiger partial charge in [-0.3, -0.25) is 14.4 Å². The minimum Gasteiger partial charge on any atom is -0.481 e. The van der Waals surface area contributed by atoms with Gasteiger partial charge in [-0.1, -0.05) is 6.07 Å². The van der Waals surface area contributed by atoms with E-state index in [0.29, 0.717) is 5.69 Å². The topological polar surface area (TPSA) is 146 Å². The Morgan fingerprint density at radius 2 is 2.00 bits per heavy atom. The Bertz CT molecular complexity index is 693. The number of hydrogen-bond acceptors (Lipinski definition) is 5. The second-order valence-electron chi connectivity index (χ2n) is 4.92. The molecule has 1 aromatic rings. The van der Waals surface area contributed by atoms with Crippen LogP contribution in [0.3, 0.4) is 0 Å². The molecular formula is C14H16F3N5O4. The molecule has 0 saturated heterocycles. The molecule has 0 aliphatic rings. The third-order valence-electron chi connectivity index (χ3n) is 2.92. The van der Waals surface area contributed by atoms with Crippen molar-refractivity contribution in [2.24, 2.45) is 10.8 Å². The van der Waals surface area contributed by atoms with Gasteiger partial charge in [0.05, 0.1) is 18.7 Å². The predicted octanol–water partition coefficient (Wildman–Crippen LogP) is 0.0613. The fourth-order valence-electron chi connectivity index (χ4n) is 1.77. The number of halogens is 3. The third kappa shape index (κ3) is 7.17. The van der Waals surface area contributed by atoms with Crippen molar-refractivity contribution >= 4 is 29.8 Å². The number of hydrazine groups is 1. The number of carboxylic acids is 1. The van der Waals surface area contributed by atoms with Gasteiger partial charge in [0.1, 0.15) is 12.4 Å². The minimum atomic E-state index is -4.93. The lowest BCUT2D eigenvalue weighted by atomic mass is 10.2. The van der Waals surface area contributed by atoms with E-state index in [-0.39, 0.29) is 5.56 Å². The molecular weight excluding hydrogens is 359 g/mol. The Kier molecular flexibility index (Phi) is 7.52. The zero-order valence-electron chi connectivity index (χ0n) is 13.2. The molecule has 1 atom stereocenters. The molecule has 26 heavy (non-hydrogen) atoms. The number of hydrogen-bond donors (Lipinski definition) is 5. The fourth-order valence-corrected chi connectivity index (χ4v) is 1.77. The van der Waals surface area contributed by atoms with Crippen molar-refractivity contribution in [3.8, 4) is 0 Å². The van der Waals surface area contributed by atoms with Crippen LogP contribution in [0.4, 0.5) is 18.9 Å². The molecule has 0 fully saturated rings. The molecule has 9 nitrogen and oxygen atoms in total. The second-order valence-corrected chi connectivity index (χ2v) is 4.92. The van der Waals surface area contributed by atoms with E-state index in [4.69, 9.17) is 10.9 Å². The molecule has 12 heteroatoms. The highest BCUT2D eigenvalue weighted by molar-refractivity contribution is 5.97. The summed E-state index contributed by atoms with van der Waals surface area (Å²) >= 11 is 0. The lowest BCUT2D eigenvalue weighted by Crippen LogP contribution is -2.49. The maximum atomic E-state index is 12.7. The van der Waals surface area contributed by atoms with Gasteiger partial charge in [0.25, 0.3) is 5.91 Å². The molecule has 0 aliphatic carbocycles. The minimum absolute atomic E-state index is 0.113. The molecule has 142 valence electrons. The number of nitrogens with two attached hydrogens (primary N) is 1. The summed E-state index contributed by atoms with van der Waals surface area (Å²) in [6.45, 7) is -0.761. The van der Waals surface area contributed by atoms with E-state index in [0.717, 1.165) is 0 Å². The van der Waals surface area contributed by atoms with E-state index in [1.807, 2.05) is 0 Å². The maximum absolute atomic E-state index is 12.7. The number of alkyl halides is 3. The summed E-state index contributed by atoms with van der Waals surface area (Å²) in [5, 5.41) is 12.1. The normalized spacial score (nSPS) is 12.5. The van der Waals surface area contributed by atoms with Crippen molar-refractivity contribution in [3.05, 3.63) is 29.8 Å². The predicted molar refractivity (Wildman–Crippen MR) is 84.5 cm³/mol. The summed E-state index contributed by atoms with van der Waals surface area (Å²) in [4.78, 5) is 37.8. The highest BCUT2D eigenvalue weighted by Gasteiger charge is 2.41. The van der Waals surface area contributed by atoms with Crippen molar-refractivity contribution in [3.63, 3.8) is 0 Å². The Labute approximate surface area is 145 Å². The van der Waals surface area contributed by atoms with Gasteiger partial charge in [-0.15, -0.1) is 0 Å². The average Bonchev–Trinajstić information content (AvgIpc) is 2.56. The molecule has 0 radical (unpaired) electrons. The van der Waals surface area contributed by atoms with E-state index < -0.39 is 43.0 Å². The Morgan fingerprint density at radius 1 is 1.31 bits per heavy atom. The number of aliphatic carboxylic acids is 1. The van der Waals surface area contributed by atoms with Gasteiger partial charge in [0.2, 0.25) is 5.91 Å². The number of benzene rings is 1. The summed E-state index contributed by atoms with van der Waals surface area (Å²) < 4.78 is 38.0. The van der Waals surface area contributed by atoms with Gasteiger partial charge in [-0.25, -0.2) is 10.8 Å². The quantitative estimate of drug-likeness (QED) is 0.188. The summed E-state index contributed by atoms with van der Waals surface area (Å²) in [5.74, 6) is 1.39. The van der Waals surface area contributed by atoms with Gasteiger partial charge in [-0.05, 0) is 18.2 Å². The lowest BCUT2D eigenvalue weighted by Gasteiger charge is -2.20. The molecule has 1 rings (SSSR count). The molecule has 0 saturated carbocycles. The van der Waals surface area contributed by atoms with Gasteiger partial charge in [-0.2, -0.15) is 13.2 Å². The van der Waals surface area contributed by atoms with Crippen molar-refractivity contribution in [1.82, 2.24) is 16.1 Å².